The Hall–Kier alpha value is -2.00. The summed E-state index contributed by atoms with van der Waals surface area (Å²) in [6, 6.07) is 6.89. The van der Waals surface area contributed by atoms with Crippen LogP contribution in [0.1, 0.15) is 27.6 Å². The number of allylic oxidation sites excluding steroid dienone is 2. The van der Waals surface area contributed by atoms with E-state index >= 15 is 0 Å². The molecule has 21 heavy (non-hydrogen) atoms. The van der Waals surface area contributed by atoms with E-state index in [1.54, 1.807) is 31.2 Å². The molecule has 5 nitrogen and oxygen atoms in total. The molecule has 1 N–H and O–H groups in total. The number of carbonyl (C=O) groups excluding carboxylic acids is 2. The van der Waals surface area contributed by atoms with Gasteiger partial charge in [-0.15, -0.1) is 0 Å². The van der Waals surface area contributed by atoms with Crippen molar-refractivity contribution in [2.45, 2.75) is 12.4 Å². The molecule has 0 unspecified atom stereocenters. The lowest BCUT2D eigenvalue weighted by molar-refractivity contribution is -0.0510. The second kappa shape index (κ2) is 5.78. The van der Waals surface area contributed by atoms with Crippen molar-refractivity contribution < 1.29 is 35.7 Å². The molecule has 2 rings (SSSR count). The summed E-state index contributed by atoms with van der Waals surface area (Å²) in [5, 5.41) is 0. The number of ketones is 2. The molecular formula is C12H9F3O5S. The molecule has 1 aliphatic rings. The molecule has 0 heterocycles. The van der Waals surface area contributed by atoms with Gasteiger partial charge in [0.25, 0.3) is 0 Å². The highest BCUT2D eigenvalue weighted by Crippen LogP contribution is 2.21. The molecule has 0 amide bonds. The number of benzene rings is 1. The normalized spacial score (nSPS) is 14.8. The number of carbonyl (C=O) groups is 2. The topological polar surface area (TPSA) is 88.5 Å². The minimum Gasteiger partial charge on any atom is -0.289 e. The van der Waals surface area contributed by atoms with E-state index in [2.05, 4.69) is 0 Å². The van der Waals surface area contributed by atoms with Crippen LogP contribution < -0.4 is 0 Å². The Morgan fingerprint density at radius 3 is 1.90 bits per heavy atom. The predicted molar refractivity (Wildman–Crippen MR) is 66.5 cm³/mol. The summed E-state index contributed by atoms with van der Waals surface area (Å²) in [5.74, 6) is -0.122. The zero-order chi connectivity index (χ0) is 16.4. The summed E-state index contributed by atoms with van der Waals surface area (Å²) < 4.78 is 57.5. The lowest BCUT2D eigenvalue weighted by Gasteiger charge is -2.11. The average Bonchev–Trinajstić information content (AvgIpc) is 2.34. The van der Waals surface area contributed by atoms with Gasteiger partial charge in [-0.05, 0) is 13.0 Å². The van der Waals surface area contributed by atoms with Crippen LogP contribution in [0.4, 0.5) is 13.2 Å². The molecule has 114 valence electrons. The summed E-state index contributed by atoms with van der Waals surface area (Å²) in [5.41, 5.74) is -3.98. The quantitative estimate of drug-likeness (QED) is 0.585. The number of halogens is 3. The number of hydrogen-bond acceptors (Lipinski definition) is 4. The summed E-state index contributed by atoms with van der Waals surface area (Å²) in [4.78, 5) is 23.0. The van der Waals surface area contributed by atoms with E-state index in [0.717, 1.165) is 0 Å². The fourth-order valence-electron chi connectivity index (χ4n) is 1.45. The third-order valence-corrected chi connectivity index (χ3v) is 3.02. The monoisotopic (exact) mass is 322 g/mol. The van der Waals surface area contributed by atoms with E-state index < -0.39 is 15.6 Å². The van der Waals surface area contributed by atoms with E-state index in [-0.39, 0.29) is 11.6 Å². The molecule has 0 fully saturated rings. The standard InChI is InChI=1S/C11H8O2.CHF3O3S/c1-7-6-10(12)8-4-2-3-5-9(8)11(7)13;2-1(3,4)8(5,6)7/h2-6H,1H3;(H,5,6,7). The Balaban J connectivity index is 0.000000240. The largest absolute Gasteiger partial charge is 0.522 e. The summed E-state index contributed by atoms with van der Waals surface area (Å²) >= 11 is 0. The fraction of sp³-hybridized carbons (Fsp3) is 0.167. The number of hydrogen-bond donors (Lipinski definition) is 1. The van der Waals surface area contributed by atoms with Crippen LogP contribution in [0.3, 0.4) is 0 Å². The van der Waals surface area contributed by atoms with Gasteiger partial charge in [-0.3, -0.25) is 14.1 Å². The molecule has 0 saturated heterocycles. The lowest BCUT2D eigenvalue weighted by atomic mass is 9.90. The Labute approximate surface area is 117 Å². The molecular weight excluding hydrogens is 313 g/mol. The van der Waals surface area contributed by atoms with Crippen molar-refractivity contribution in [2.75, 3.05) is 0 Å². The Bertz CT molecular complexity index is 717. The van der Waals surface area contributed by atoms with Crippen LogP contribution in [0.15, 0.2) is 35.9 Å². The molecule has 0 spiro atoms. The van der Waals surface area contributed by atoms with Gasteiger partial charge in [0.1, 0.15) is 0 Å². The van der Waals surface area contributed by atoms with Gasteiger partial charge in [-0.1, -0.05) is 24.3 Å². The van der Waals surface area contributed by atoms with Gasteiger partial charge in [-0.2, -0.15) is 21.6 Å². The zero-order valence-corrected chi connectivity index (χ0v) is 11.3. The molecule has 0 atom stereocenters. The predicted octanol–water partition coefficient (Wildman–Crippen LogP) is 2.41. The average molecular weight is 322 g/mol. The van der Waals surface area contributed by atoms with Crippen molar-refractivity contribution in [1.82, 2.24) is 0 Å². The molecule has 1 aromatic carbocycles. The van der Waals surface area contributed by atoms with E-state index in [4.69, 9.17) is 13.0 Å². The number of Topliss-reactive ketones (excluding diaryl/α,β-unsaturated/α-hetero) is 1. The van der Waals surface area contributed by atoms with E-state index in [0.29, 0.717) is 16.7 Å². The summed E-state index contributed by atoms with van der Waals surface area (Å²) in [6.45, 7) is 1.66. The summed E-state index contributed by atoms with van der Waals surface area (Å²) in [7, 11) is -5.84. The minimum atomic E-state index is -5.84. The number of fused-ring (bicyclic) bond motifs is 1. The maximum Gasteiger partial charge on any atom is 0.522 e. The van der Waals surface area contributed by atoms with Crippen molar-refractivity contribution in [3.63, 3.8) is 0 Å². The Kier molecular flexibility index (Phi) is 4.69. The fourth-order valence-corrected chi connectivity index (χ4v) is 1.45. The van der Waals surface area contributed by atoms with Crippen LogP contribution >= 0.6 is 0 Å². The van der Waals surface area contributed by atoms with Gasteiger partial charge in [0.05, 0.1) is 0 Å². The van der Waals surface area contributed by atoms with Crippen molar-refractivity contribution in [3.8, 4) is 0 Å². The van der Waals surface area contributed by atoms with Crippen LogP contribution in [0.5, 0.6) is 0 Å². The van der Waals surface area contributed by atoms with Crippen molar-refractivity contribution >= 4 is 21.7 Å². The highest BCUT2D eigenvalue weighted by molar-refractivity contribution is 7.86. The maximum absolute atomic E-state index is 11.5. The molecule has 1 aliphatic carbocycles. The number of alkyl halides is 3. The first-order valence-electron chi connectivity index (χ1n) is 5.35. The molecule has 0 aliphatic heterocycles. The first kappa shape index (κ1) is 17.1. The molecule has 0 saturated carbocycles. The van der Waals surface area contributed by atoms with E-state index in [1.807, 2.05) is 0 Å². The SMILES string of the molecule is CC1=CC(=O)c2ccccc2C1=O.O=S(=O)(O)C(F)(F)F. The second-order valence-electron chi connectivity index (χ2n) is 3.99. The number of rotatable bonds is 0. The highest BCUT2D eigenvalue weighted by Gasteiger charge is 2.44. The van der Waals surface area contributed by atoms with E-state index in [9.17, 15) is 22.8 Å². The van der Waals surface area contributed by atoms with E-state index in [1.165, 1.54) is 6.08 Å². The lowest BCUT2D eigenvalue weighted by Crippen LogP contribution is -2.21. The third kappa shape index (κ3) is 3.99. The molecule has 0 radical (unpaired) electrons. The van der Waals surface area contributed by atoms with Crippen LogP contribution in [-0.2, 0) is 10.1 Å². The molecule has 0 aromatic heterocycles. The van der Waals surface area contributed by atoms with Gasteiger partial charge in [0.15, 0.2) is 11.6 Å². The van der Waals surface area contributed by atoms with Gasteiger partial charge < -0.3 is 0 Å². The highest BCUT2D eigenvalue weighted by atomic mass is 32.2. The first-order valence-corrected chi connectivity index (χ1v) is 6.79. The van der Waals surface area contributed by atoms with Crippen molar-refractivity contribution in [1.29, 1.82) is 0 Å². The van der Waals surface area contributed by atoms with Gasteiger partial charge >= 0.3 is 15.6 Å². The Morgan fingerprint density at radius 1 is 1.05 bits per heavy atom. The van der Waals surface area contributed by atoms with Gasteiger partial charge in [-0.25, -0.2) is 0 Å². The maximum atomic E-state index is 11.5. The Morgan fingerprint density at radius 2 is 1.48 bits per heavy atom. The van der Waals surface area contributed by atoms with Crippen LogP contribution in [0, 0.1) is 0 Å². The van der Waals surface area contributed by atoms with Gasteiger partial charge in [0.2, 0.25) is 0 Å². The smallest absolute Gasteiger partial charge is 0.289 e. The molecule has 1 aromatic rings. The van der Waals surface area contributed by atoms with Crippen LogP contribution in [-0.4, -0.2) is 30.0 Å². The van der Waals surface area contributed by atoms with Crippen molar-refractivity contribution in [3.05, 3.63) is 47.0 Å². The first-order chi connectivity index (χ1) is 9.45. The molecule has 0 bridgehead atoms. The third-order valence-electron chi connectivity index (χ3n) is 2.44. The zero-order valence-electron chi connectivity index (χ0n) is 10.5. The molecule has 9 heteroatoms. The second-order valence-corrected chi connectivity index (χ2v) is 5.40. The van der Waals surface area contributed by atoms with Crippen molar-refractivity contribution in [2.24, 2.45) is 0 Å². The van der Waals surface area contributed by atoms with Crippen LogP contribution in [0.25, 0.3) is 0 Å². The minimum absolute atomic E-state index is 0.0461. The van der Waals surface area contributed by atoms with Crippen LogP contribution in [0.2, 0.25) is 0 Å². The summed E-state index contributed by atoms with van der Waals surface area (Å²) in [6.07, 6.45) is 1.39. The van der Waals surface area contributed by atoms with Gasteiger partial charge in [0, 0.05) is 16.7 Å².